The van der Waals surface area contributed by atoms with E-state index in [4.69, 9.17) is 0 Å². The second kappa shape index (κ2) is 5.32. The number of carbonyl (C=O) groups excluding carboxylic acids is 1. The van der Waals surface area contributed by atoms with Crippen LogP contribution in [-0.4, -0.2) is 33.9 Å². The molecule has 1 fully saturated rings. The van der Waals surface area contributed by atoms with Gasteiger partial charge in [-0.1, -0.05) is 6.92 Å². The molecular weight excluding hydrogens is 270 g/mol. The molecule has 0 aromatic carbocycles. The minimum absolute atomic E-state index is 0.0827. The van der Waals surface area contributed by atoms with Crippen LogP contribution in [-0.2, 0) is 5.41 Å². The maximum absolute atomic E-state index is 12.4. The van der Waals surface area contributed by atoms with E-state index in [1.54, 1.807) is 29.8 Å². The Hall–Kier alpha value is -1.75. The Balaban J connectivity index is 1.69. The standard InChI is InChI=1S/C15H17N3OS/c1-15(14-17-7-10-20-14)4-8-18(9-5-15)13(19)12-3-2-6-16-11-12/h2-3,6-7,10-11H,4-5,8-9H2,1H3. The zero-order valence-corrected chi connectivity index (χ0v) is 12.3. The lowest BCUT2D eigenvalue weighted by Crippen LogP contribution is -2.43. The van der Waals surface area contributed by atoms with Gasteiger partial charge in [-0.2, -0.15) is 0 Å². The van der Waals surface area contributed by atoms with Gasteiger partial charge in [0.05, 0.1) is 10.6 Å². The molecule has 4 nitrogen and oxygen atoms in total. The third-order valence-electron chi connectivity index (χ3n) is 4.01. The zero-order valence-electron chi connectivity index (χ0n) is 11.5. The van der Waals surface area contributed by atoms with E-state index in [0.717, 1.165) is 25.9 Å². The summed E-state index contributed by atoms with van der Waals surface area (Å²) in [6.45, 7) is 3.81. The minimum Gasteiger partial charge on any atom is -0.339 e. The molecule has 0 N–H and O–H groups in total. The van der Waals surface area contributed by atoms with Gasteiger partial charge in [-0.3, -0.25) is 9.78 Å². The number of rotatable bonds is 2. The second-order valence-electron chi connectivity index (χ2n) is 5.43. The van der Waals surface area contributed by atoms with Crippen molar-refractivity contribution in [3.8, 4) is 0 Å². The molecular formula is C15H17N3OS. The number of pyridine rings is 1. The lowest BCUT2D eigenvalue weighted by Gasteiger charge is -2.38. The molecule has 5 heteroatoms. The summed E-state index contributed by atoms with van der Waals surface area (Å²) in [4.78, 5) is 22.8. The summed E-state index contributed by atoms with van der Waals surface area (Å²) in [5.41, 5.74) is 0.783. The molecule has 0 radical (unpaired) electrons. The van der Waals surface area contributed by atoms with E-state index in [1.165, 1.54) is 5.01 Å². The highest BCUT2D eigenvalue weighted by atomic mass is 32.1. The van der Waals surface area contributed by atoms with Crippen molar-refractivity contribution in [2.75, 3.05) is 13.1 Å². The van der Waals surface area contributed by atoms with Gasteiger partial charge in [-0.15, -0.1) is 11.3 Å². The molecule has 1 amide bonds. The normalized spacial score (nSPS) is 17.9. The fourth-order valence-electron chi connectivity index (χ4n) is 2.61. The fraction of sp³-hybridized carbons (Fsp3) is 0.400. The zero-order chi connectivity index (χ0) is 14.0. The van der Waals surface area contributed by atoms with E-state index < -0.39 is 0 Å². The summed E-state index contributed by atoms with van der Waals surface area (Å²) in [6.07, 6.45) is 7.11. The summed E-state index contributed by atoms with van der Waals surface area (Å²) in [7, 11) is 0. The van der Waals surface area contributed by atoms with Crippen molar-refractivity contribution < 1.29 is 4.79 Å². The summed E-state index contributed by atoms with van der Waals surface area (Å²) < 4.78 is 0. The van der Waals surface area contributed by atoms with Crippen molar-refractivity contribution >= 4 is 17.2 Å². The summed E-state index contributed by atoms with van der Waals surface area (Å²) in [5.74, 6) is 0.0827. The molecule has 1 aliphatic heterocycles. The van der Waals surface area contributed by atoms with Crippen LogP contribution in [0.25, 0.3) is 0 Å². The fourth-order valence-corrected chi connectivity index (χ4v) is 3.47. The first-order chi connectivity index (χ1) is 9.69. The quantitative estimate of drug-likeness (QED) is 0.853. The highest BCUT2D eigenvalue weighted by Crippen LogP contribution is 2.36. The van der Waals surface area contributed by atoms with Crippen molar-refractivity contribution in [2.45, 2.75) is 25.2 Å². The molecule has 3 heterocycles. The Morgan fingerprint density at radius 3 is 2.75 bits per heavy atom. The topological polar surface area (TPSA) is 46.1 Å². The minimum atomic E-state index is 0.0827. The Morgan fingerprint density at radius 2 is 2.15 bits per heavy atom. The molecule has 0 saturated carbocycles. The molecule has 0 bridgehead atoms. The van der Waals surface area contributed by atoms with Crippen molar-refractivity contribution in [2.24, 2.45) is 0 Å². The van der Waals surface area contributed by atoms with Gasteiger partial charge in [0.15, 0.2) is 0 Å². The number of thiazole rings is 1. The Bertz CT molecular complexity index is 574. The Labute approximate surface area is 122 Å². The first-order valence-electron chi connectivity index (χ1n) is 6.78. The van der Waals surface area contributed by atoms with Crippen LogP contribution in [0.2, 0.25) is 0 Å². The van der Waals surface area contributed by atoms with Crippen molar-refractivity contribution in [1.82, 2.24) is 14.9 Å². The van der Waals surface area contributed by atoms with Crippen LogP contribution in [0, 0.1) is 0 Å². The summed E-state index contributed by atoms with van der Waals surface area (Å²) in [5, 5.41) is 3.21. The molecule has 0 aliphatic carbocycles. The number of piperidine rings is 1. The summed E-state index contributed by atoms with van der Waals surface area (Å²) >= 11 is 1.71. The Kier molecular flexibility index (Phi) is 3.53. The van der Waals surface area contributed by atoms with E-state index in [0.29, 0.717) is 5.56 Å². The van der Waals surface area contributed by atoms with Gasteiger partial charge in [0.2, 0.25) is 0 Å². The van der Waals surface area contributed by atoms with Crippen LogP contribution in [0.15, 0.2) is 36.1 Å². The predicted molar refractivity (Wildman–Crippen MR) is 78.8 cm³/mol. The average Bonchev–Trinajstić information content (AvgIpc) is 3.03. The number of hydrogen-bond donors (Lipinski definition) is 0. The number of hydrogen-bond acceptors (Lipinski definition) is 4. The lowest BCUT2D eigenvalue weighted by atomic mass is 9.81. The molecule has 0 unspecified atom stereocenters. The molecule has 2 aromatic heterocycles. The van der Waals surface area contributed by atoms with Crippen molar-refractivity contribution in [1.29, 1.82) is 0 Å². The van der Waals surface area contributed by atoms with Gasteiger partial charge < -0.3 is 4.90 Å². The van der Waals surface area contributed by atoms with Gasteiger partial charge in [0.25, 0.3) is 5.91 Å². The van der Waals surface area contributed by atoms with Crippen molar-refractivity contribution in [3.63, 3.8) is 0 Å². The molecule has 104 valence electrons. The Morgan fingerprint density at radius 1 is 1.35 bits per heavy atom. The van der Waals surface area contributed by atoms with Gasteiger partial charge in [-0.05, 0) is 25.0 Å². The maximum atomic E-state index is 12.4. The van der Waals surface area contributed by atoms with E-state index in [1.807, 2.05) is 22.5 Å². The van der Waals surface area contributed by atoms with Crippen LogP contribution in [0.1, 0.15) is 35.1 Å². The highest BCUT2D eigenvalue weighted by Gasteiger charge is 2.35. The van der Waals surface area contributed by atoms with Crippen LogP contribution in [0.3, 0.4) is 0 Å². The van der Waals surface area contributed by atoms with Crippen LogP contribution in [0.5, 0.6) is 0 Å². The molecule has 0 spiro atoms. The van der Waals surface area contributed by atoms with Gasteiger partial charge in [0, 0.05) is 42.5 Å². The number of nitrogens with zero attached hydrogens (tertiary/aromatic N) is 3. The molecule has 2 aromatic rings. The smallest absolute Gasteiger partial charge is 0.255 e. The van der Waals surface area contributed by atoms with Crippen LogP contribution < -0.4 is 0 Å². The molecule has 20 heavy (non-hydrogen) atoms. The SMILES string of the molecule is CC1(c2nccs2)CCN(C(=O)c2cccnc2)CC1. The molecule has 3 rings (SSSR count). The van der Waals surface area contributed by atoms with E-state index in [2.05, 4.69) is 16.9 Å². The van der Waals surface area contributed by atoms with Crippen LogP contribution in [0.4, 0.5) is 0 Å². The lowest BCUT2D eigenvalue weighted by molar-refractivity contribution is 0.0675. The maximum Gasteiger partial charge on any atom is 0.255 e. The predicted octanol–water partition coefficient (Wildman–Crippen LogP) is 2.73. The monoisotopic (exact) mass is 287 g/mol. The van der Waals surface area contributed by atoms with Crippen LogP contribution >= 0.6 is 11.3 Å². The number of likely N-dealkylation sites (tertiary alicyclic amines) is 1. The van der Waals surface area contributed by atoms with E-state index >= 15 is 0 Å². The first-order valence-corrected chi connectivity index (χ1v) is 7.66. The molecule has 1 saturated heterocycles. The van der Waals surface area contributed by atoms with Gasteiger partial charge in [-0.25, -0.2) is 4.98 Å². The number of aromatic nitrogens is 2. The largest absolute Gasteiger partial charge is 0.339 e. The van der Waals surface area contributed by atoms with Gasteiger partial charge >= 0.3 is 0 Å². The van der Waals surface area contributed by atoms with E-state index in [9.17, 15) is 4.79 Å². The number of amides is 1. The van der Waals surface area contributed by atoms with Crippen molar-refractivity contribution in [3.05, 3.63) is 46.7 Å². The summed E-state index contributed by atoms with van der Waals surface area (Å²) in [6, 6.07) is 3.63. The highest BCUT2D eigenvalue weighted by molar-refractivity contribution is 7.09. The van der Waals surface area contributed by atoms with E-state index in [-0.39, 0.29) is 11.3 Å². The first kappa shape index (κ1) is 13.2. The van der Waals surface area contributed by atoms with Gasteiger partial charge in [0.1, 0.15) is 0 Å². The average molecular weight is 287 g/mol. The third-order valence-corrected chi connectivity index (χ3v) is 5.09. The third kappa shape index (κ3) is 2.45. The molecule has 0 atom stereocenters. The number of carbonyl (C=O) groups is 1. The second-order valence-corrected chi connectivity index (χ2v) is 6.33. The molecule has 1 aliphatic rings.